The second kappa shape index (κ2) is 3.74. The number of hydrogen-bond acceptors (Lipinski definition) is 4. The van der Waals surface area contributed by atoms with Gasteiger partial charge in [0.2, 0.25) is 5.91 Å². The number of carbonyl (C=O) groups is 1. The molecule has 0 aromatic carbocycles. The number of nitrogens with zero attached hydrogens (tertiary/aromatic N) is 2. The minimum absolute atomic E-state index is 0.0504. The van der Waals surface area contributed by atoms with Crippen LogP contribution in [0.4, 0.5) is 0 Å². The Hall–Kier alpha value is -1.53. The Labute approximate surface area is 120 Å². The number of fused-ring (bicyclic) bond motifs is 2. The molecular formula is C13H15BrN4O. The first-order valence-corrected chi connectivity index (χ1v) is 6.83. The summed E-state index contributed by atoms with van der Waals surface area (Å²) in [6.07, 6.45) is 0. The summed E-state index contributed by atoms with van der Waals surface area (Å²) in [5, 5.41) is 25.1. The molecule has 2 N–H and O–H groups in total. The maximum Gasteiger partial charge on any atom is 0.248 e. The van der Waals surface area contributed by atoms with Gasteiger partial charge in [0.25, 0.3) is 0 Å². The highest BCUT2D eigenvalue weighted by molar-refractivity contribution is 9.11. The summed E-state index contributed by atoms with van der Waals surface area (Å²) in [6.45, 7) is 7.63. The van der Waals surface area contributed by atoms with Crippen molar-refractivity contribution < 1.29 is 4.79 Å². The van der Waals surface area contributed by atoms with Crippen LogP contribution in [0.3, 0.4) is 0 Å². The number of nitrogens with one attached hydrogen (secondary N) is 2. The lowest BCUT2D eigenvalue weighted by molar-refractivity contribution is -0.125. The molecule has 0 aliphatic carbocycles. The van der Waals surface area contributed by atoms with Gasteiger partial charge in [-0.1, -0.05) is 27.7 Å². The predicted molar refractivity (Wildman–Crippen MR) is 72.2 cm³/mol. The van der Waals surface area contributed by atoms with Crippen molar-refractivity contribution in [2.24, 2.45) is 16.7 Å². The van der Waals surface area contributed by atoms with Crippen LogP contribution >= 0.6 is 15.9 Å². The number of halogens is 1. The average molecular weight is 323 g/mol. The summed E-state index contributed by atoms with van der Waals surface area (Å²) in [5.74, 6) is -0.360. The van der Waals surface area contributed by atoms with E-state index in [1.807, 2.05) is 33.8 Å². The molecule has 0 radical (unpaired) electrons. The lowest BCUT2D eigenvalue weighted by Crippen LogP contribution is -2.67. The lowest BCUT2D eigenvalue weighted by Gasteiger charge is -2.51. The molecule has 2 unspecified atom stereocenters. The highest BCUT2D eigenvalue weighted by atomic mass is 79.9. The maximum absolute atomic E-state index is 12.5. The van der Waals surface area contributed by atoms with E-state index < -0.39 is 22.4 Å². The van der Waals surface area contributed by atoms with Crippen LogP contribution in [0.15, 0.2) is 10.2 Å². The van der Waals surface area contributed by atoms with E-state index in [2.05, 4.69) is 32.6 Å². The Bertz CT molecular complexity index is 580. The van der Waals surface area contributed by atoms with Crippen molar-refractivity contribution in [2.45, 2.75) is 33.4 Å². The molecule has 2 aliphatic heterocycles. The molecule has 19 heavy (non-hydrogen) atoms. The van der Waals surface area contributed by atoms with Crippen LogP contribution in [0, 0.1) is 39.4 Å². The fraction of sp³-hybridized carbons (Fsp3) is 0.615. The van der Waals surface area contributed by atoms with Gasteiger partial charge in [-0.2, -0.15) is 10.5 Å². The molecule has 1 amide bonds. The number of hydrogen-bond donors (Lipinski definition) is 2. The third kappa shape index (κ3) is 1.21. The van der Waals surface area contributed by atoms with Gasteiger partial charge in [0.1, 0.15) is 5.66 Å². The highest BCUT2D eigenvalue weighted by Gasteiger charge is 2.74. The summed E-state index contributed by atoms with van der Waals surface area (Å²) >= 11 is 3.30. The largest absolute Gasteiger partial charge is 0.355 e. The second-order valence-corrected chi connectivity index (χ2v) is 6.62. The highest BCUT2D eigenvalue weighted by Crippen LogP contribution is 2.60. The summed E-state index contributed by atoms with van der Waals surface area (Å²) in [7, 11) is 0. The minimum atomic E-state index is -1.46. The van der Waals surface area contributed by atoms with Gasteiger partial charge in [-0.3, -0.25) is 4.79 Å². The topological polar surface area (TPSA) is 88.7 Å². The van der Waals surface area contributed by atoms with Crippen LogP contribution in [0.1, 0.15) is 27.7 Å². The standard InChI is InChI=1S/C13H15BrN4O/c1-7(2)13-11(3,4)12(6-16,10(19)18-13)8(5-15)9(14)17-13/h7,17H,1-4H3,(H,18,19). The first-order chi connectivity index (χ1) is 8.71. The van der Waals surface area contributed by atoms with Crippen LogP contribution in [0.2, 0.25) is 0 Å². The Kier molecular flexibility index (Phi) is 2.73. The Balaban J connectivity index is 2.88. The van der Waals surface area contributed by atoms with Crippen molar-refractivity contribution in [2.75, 3.05) is 0 Å². The van der Waals surface area contributed by atoms with E-state index in [0.29, 0.717) is 4.61 Å². The molecule has 2 atom stereocenters. The molecule has 0 aromatic rings. The Morgan fingerprint density at radius 2 is 1.84 bits per heavy atom. The summed E-state index contributed by atoms with van der Waals surface area (Å²) in [4.78, 5) is 12.5. The minimum Gasteiger partial charge on any atom is -0.355 e. The van der Waals surface area contributed by atoms with Gasteiger partial charge in [-0.25, -0.2) is 0 Å². The molecule has 1 saturated heterocycles. The molecule has 0 spiro atoms. The van der Waals surface area contributed by atoms with Gasteiger partial charge < -0.3 is 10.6 Å². The Morgan fingerprint density at radius 3 is 2.26 bits per heavy atom. The van der Waals surface area contributed by atoms with E-state index in [1.54, 1.807) is 0 Å². The van der Waals surface area contributed by atoms with Crippen molar-refractivity contribution in [3.05, 3.63) is 10.2 Å². The summed E-state index contributed by atoms with van der Waals surface area (Å²) < 4.78 is 0.419. The van der Waals surface area contributed by atoms with Crippen molar-refractivity contribution >= 4 is 21.8 Å². The zero-order chi connectivity index (χ0) is 14.6. The van der Waals surface area contributed by atoms with E-state index in [0.717, 1.165) is 0 Å². The van der Waals surface area contributed by atoms with E-state index in [4.69, 9.17) is 0 Å². The molecule has 6 heteroatoms. The van der Waals surface area contributed by atoms with Gasteiger partial charge >= 0.3 is 0 Å². The van der Waals surface area contributed by atoms with E-state index in [9.17, 15) is 15.3 Å². The van der Waals surface area contributed by atoms with Gasteiger partial charge in [-0.15, -0.1) is 0 Å². The molecule has 1 fully saturated rings. The number of rotatable bonds is 1. The summed E-state index contributed by atoms with van der Waals surface area (Å²) in [5.41, 5.74) is -2.82. The fourth-order valence-corrected chi connectivity index (χ4v) is 4.11. The van der Waals surface area contributed by atoms with Gasteiger partial charge in [0.15, 0.2) is 5.41 Å². The molecular weight excluding hydrogens is 308 g/mol. The molecule has 0 aromatic heterocycles. The Morgan fingerprint density at radius 1 is 1.26 bits per heavy atom. The SMILES string of the molecule is CC(C)C12NC(=O)C(C#N)(C(C#N)=C(Br)N1)C2(C)C. The van der Waals surface area contributed by atoms with E-state index >= 15 is 0 Å². The summed E-state index contributed by atoms with van der Waals surface area (Å²) in [6, 6.07) is 4.10. The van der Waals surface area contributed by atoms with Crippen molar-refractivity contribution in [1.82, 2.24) is 10.6 Å². The smallest absolute Gasteiger partial charge is 0.248 e. The normalized spacial score (nSPS) is 35.5. The maximum atomic E-state index is 12.5. The van der Waals surface area contributed by atoms with Crippen molar-refractivity contribution in [1.29, 1.82) is 10.5 Å². The number of nitriles is 2. The van der Waals surface area contributed by atoms with Crippen LogP contribution in [-0.2, 0) is 4.79 Å². The third-order valence-corrected chi connectivity index (χ3v) is 5.22. The zero-order valence-electron chi connectivity index (χ0n) is 11.3. The van der Waals surface area contributed by atoms with Crippen LogP contribution < -0.4 is 10.6 Å². The number of amides is 1. The lowest BCUT2D eigenvalue weighted by atomic mass is 9.56. The monoisotopic (exact) mass is 322 g/mol. The molecule has 2 heterocycles. The molecule has 2 aliphatic rings. The molecule has 2 bridgehead atoms. The van der Waals surface area contributed by atoms with Gasteiger partial charge in [0.05, 0.1) is 22.3 Å². The first-order valence-electron chi connectivity index (χ1n) is 6.03. The van der Waals surface area contributed by atoms with Crippen molar-refractivity contribution in [3.63, 3.8) is 0 Å². The van der Waals surface area contributed by atoms with Gasteiger partial charge in [0, 0.05) is 5.41 Å². The average Bonchev–Trinajstić information content (AvgIpc) is 2.43. The van der Waals surface area contributed by atoms with Crippen molar-refractivity contribution in [3.8, 4) is 12.1 Å². The first kappa shape index (κ1) is 13.9. The number of carbonyl (C=O) groups excluding carboxylic acids is 1. The molecule has 100 valence electrons. The fourth-order valence-electron chi connectivity index (χ4n) is 3.41. The zero-order valence-corrected chi connectivity index (χ0v) is 12.8. The molecule has 2 rings (SSSR count). The molecule has 0 saturated carbocycles. The van der Waals surface area contributed by atoms with Crippen LogP contribution in [0.5, 0.6) is 0 Å². The van der Waals surface area contributed by atoms with E-state index in [-0.39, 0.29) is 11.5 Å². The van der Waals surface area contributed by atoms with E-state index in [1.165, 1.54) is 0 Å². The molecule has 5 nitrogen and oxygen atoms in total. The second-order valence-electron chi connectivity index (χ2n) is 5.83. The third-order valence-electron chi connectivity index (χ3n) is 4.62. The van der Waals surface area contributed by atoms with Gasteiger partial charge in [-0.05, 0) is 21.8 Å². The van der Waals surface area contributed by atoms with Crippen LogP contribution in [-0.4, -0.2) is 11.6 Å². The predicted octanol–water partition coefficient (Wildman–Crippen LogP) is 1.74. The quantitative estimate of drug-likeness (QED) is 0.719. The van der Waals surface area contributed by atoms with Crippen LogP contribution in [0.25, 0.3) is 0 Å².